The molecule has 2 aromatic rings. The van der Waals surface area contributed by atoms with Gasteiger partial charge in [-0.05, 0) is 43.5 Å². The Kier molecular flexibility index (Phi) is 5.20. The van der Waals surface area contributed by atoms with Crippen molar-refractivity contribution in [1.82, 2.24) is 15.1 Å². The van der Waals surface area contributed by atoms with Crippen LogP contribution in [0.15, 0.2) is 24.3 Å². The zero-order chi connectivity index (χ0) is 16.1. The van der Waals surface area contributed by atoms with Crippen LogP contribution in [0.3, 0.4) is 0 Å². The van der Waals surface area contributed by atoms with Crippen molar-refractivity contribution in [3.8, 4) is 5.75 Å². The Bertz CT molecular complexity index is 645. The van der Waals surface area contributed by atoms with Gasteiger partial charge in [0.05, 0.1) is 12.8 Å². The summed E-state index contributed by atoms with van der Waals surface area (Å²) < 4.78 is 6.97. The number of hydrogen-bond donors (Lipinski definition) is 1. The van der Waals surface area contributed by atoms with Gasteiger partial charge in [0, 0.05) is 25.7 Å². The molecule has 1 N–H and O–H groups in total. The number of aromatic nitrogens is 2. The highest BCUT2D eigenvalue weighted by Gasteiger charge is 2.11. The molecular formula is C17H23N3O2. The molecule has 0 atom stereocenters. The average molecular weight is 301 g/mol. The number of ether oxygens (including phenoxy) is 1. The summed E-state index contributed by atoms with van der Waals surface area (Å²) in [5.41, 5.74) is 4.35. The van der Waals surface area contributed by atoms with Gasteiger partial charge in [-0.2, -0.15) is 5.10 Å². The summed E-state index contributed by atoms with van der Waals surface area (Å²) in [5, 5.41) is 7.32. The number of nitrogens with one attached hydrogen (secondary N) is 1. The molecule has 0 fully saturated rings. The second kappa shape index (κ2) is 7.11. The zero-order valence-electron chi connectivity index (χ0n) is 13.6. The maximum Gasteiger partial charge on any atom is 0.220 e. The highest BCUT2D eigenvalue weighted by atomic mass is 16.5. The summed E-state index contributed by atoms with van der Waals surface area (Å²) in [6.45, 7) is 4.55. The fraction of sp³-hybridized carbons (Fsp3) is 0.412. The molecule has 0 aliphatic heterocycles. The Morgan fingerprint density at radius 3 is 2.50 bits per heavy atom. The number of hydrogen-bond acceptors (Lipinski definition) is 3. The van der Waals surface area contributed by atoms with Gasteiger partial charge >= 0.3 is 0 Å². The number of carbonyl (C=O) groups excluding carboxylic acids is 1. The number of aryl methyl sites for hydroxylation is 2. The standard InChI is InChI=1S/C17H23N3O2/c1-12-16(13(2)20(3)19-12)9-10-17(21)18-11-14-5-7-15(22-4)8-6-14/h5-8H,9-11H2,1-4H3,(H,18,21). The van der Waals surface area contributed by atoms with Gasteiger partial charge in [0.2, 0.25) is 5.91 Å². The van der Waals surface area contributed by atoms with Gasteiger partial charge in [-0.3, -0.25) is 9.48 Å². The van der Waals surface area contributed by atoms with Crippen LogP contribution in [0.4, 0.5) is 0 Å². The topological polar surface area (TPSA) is 56.1 Å². The summed E-state index contributed by atoms with van der Waals surface area (Å²) in [4.78, 5) is 12.0. The van der Waals surface area contributed by atoms with E-state index in [0.29, 0.717) is 13.0 Å². The Labute approximate surface area is 131 Å². The molecular weight excluding hydrogens is 278 g/mol. The van der Waals surface area contributed by atoms with E-state index in [9.17, 15) is 4.79 Å². The Balaban J connectivity index is 1.82. The molecule has 0 aliphatic rings. The molecule has 1 heterocycles. The van der Waals surface area contributed by atoms with E-state index < -0.39 is 0 Å². The monoisotopic (exact) mass is 301 g/mol. The molecule has 0 saturated carbocycles. The van der Waals surface area contributed by atoms with Crippen molar-refractivity contribution in [2.24, 2.45) is 7.05 Å². The normalized spacial score (nSPS) is 10.5. The van der Waals surface area contributed by atoms with Gasteiger partial charge in [0.15, 0.2) is 0 Å². The van der Waals surface area contributed by atoms with Gasteiger partial charge < -0.3 is 10.1 Å². The van der Waals surface area contributed by atoms with Crippen molar-refractivity contribution in [3.63, 3.8) is 0 Å². The first-order valence-corrected chi connectivity index (χ1v) is 7.40. The highest BCUT2D eigenvalue weighted by molar-refractivity contribution is 5.76. The molecule has 1 aromatic heterocycles. The predicted octanol–water partition coefficient (Wildman–Crippen LogP) is 2.29. The molecule has 0 radical (unpaired) electrons. The molecule has 2 rings (SSSR count). The fourth-order valence-electron chi connectivity index (χ4n) is 2.45. The third kappa shape index (κ3) is 3.87. The van der Waals surface area contributed by atoms with Gasteiger partial charge in [-0.25, -0.2) is 0 Å². The number of benzene rings is 1. The van der Waals surface area contributed by atoms with E-state index >= 15 is 0 Å². The average Bonchev–Trinajstić information content (AvgIpc) is 2.76. The van der Waals surface area contributed by atoms with Crippen LogP contribution in [-0.2, 0) is 24.8 Å². The maximum atomic E-state index is 12.0. The van der Waals surface area contributed by atoms with Crippen molar-refractivity contribution in [3.05, 3.63) is 46.8 Å². The first-order valence-electron chi connectivity index (χ1n) is 7.40. The van der Waals surface area contributed by atoms with Gasteiger partial charge in [0.1, 0.15) is 5.75 Å². The first kappa shape index (κ1) is 16.1. The lowest BCUT2D eigenvalue weighted by Gasteiger charge is -2.07. The molecule has 5 heteroatoms. The number of nitrogens with zero attached hydrogens (tertiary/aromatic N) is 2. The predicted molar refractivity (Wildman–Crippen MR) is 85.8 cm³/mol. The lowest BCUT2D eigenvalue weighted by atomic mass is 10.1. The van der Waals surface area contributed by atoms with E-state index in [1.54, 1.807) is 7.11 Å². The van der Waals surface area contributed by atoms with Crippen LogP contribution in [0.1, 0.15) is 28.9 Å². The van der Waals surface area contributed by atoms with Crippen LogP contribution < -0.4 is 10.1 Å². The van der Waals surface area contributed by atoms with Crippen molar-refractivity contribution in [2.75, 3.05) is 7.11 Å². The van der Waals surface area contributed by atoms with Crippen LogP contribution in [-0.4, -0.2) is 22.8 Å². The molecule has 118 valence electrons. The first-order chi connectivity index (χ1) is 10.5. The van der Waals surface area contributed by atoms with Gasteiger partial charge in [-0.15, -0.1) is 0 Å². The lowest BCUT2D eigenvalue weighted by molar-refractivity contribution is -0.121. The second-order valence-corrected chi connectivity index (χ2v) is 5.40. The van der Waals surface area contributed by atoms with E-state index in [4.69, 9.17) is 4.74 Å². The quantitative estimate of drug-likeness (QED) is 0.890. The van der Waals surface area contributed by atoms with Crippen LogP contribution in [0.2, 0.25) is 0 Å². The summed E-state index contributed by atoms with van der Waals surface area (Å²) >= 11 is 0. The number of rotatable bonds is 6. The molecule has 0 unspecified atom stereocenters. The number of methoxy groups -OCH3 is 1. The van der Waals surface area contributed by atoms with E-state index in [2.05, 4.69) is 10.4 Å². The Morgan fingerprint density at radius 2 is 1.95 bits per heavy atom. The number of carbonyl (C=O) groups is 1. The molecule has 0 saturated heterocycles. The van der Waals surface area contributed by atoms with Crippen LogP contribution in [0, 0.1) is 13.8 Å². The summed E-state index contributed by atoms with van der Waals surface area (Å²) in [5.74, 6) is 0.871. The van der Waals surface area contributed by atoms with Crippen molar-refractivity contribution in [2.45, 2.75) is 33.2 Å². The van der Waals surface area contributed by atoms with Crippen molar-refractivity contribution >= 4 is 5.91 Å². The molecule has 0 spiro atoms. The maximum absolute atomic E-state index is 12.0. The molecule has 22 heavy (non-hydrogen) atoms. The van der Waals surface area contributed by atoms with E-state index in [1.807, 2.05) is 49.8 Å². The minimum atomic E-state index is 0.0541. The SMILES string of the molecule is COc1ccc(CNC(=O)CCc2c(C)nn(C)c2C)cc1. The molecule has 0 aliphatic carbocycles. The smallest absolute Gasteiger partial charge is 0.220 e. The lowest BCUT2D eigenvalue weighted by Crippen LogP contribution is -2.23. The molecule has 1 aromatic carbocycles. The largest absolute Gasteiger partial charge is 0.497 e. The summed E-state index contributed by atoms with van der Waals surface area (Å²) in [6, 6.07) is 7.69. The molecule has 1 amide bonds. The van der Waals surface area contributed by atoms with E-state index in [1.165, 1.54) is 5.56 Å². The van der Waals surface area contributed by atoms with E-state index in [0.717, 1.165) is 29.1 Å². The van der Waals surface area contributed by atoms with Crippen LogP contribution in [0.5, 0.6) is 5.75 Å². The van der Waals surface area contributed by atoms with Gasteiger partial charge in [-0.1, -0.05) is 12.1 Å². The summed E-state index contributed by atoms with van der Waals surface area (Å²) in [6.07, 6.45) is 1.20. The minimum absolute atomic E-state index is 0.0541. The Hall–Kier alpha value is -2.30. The van der Waals surface area contributed by atoms with Crippen LogP contribution in [0.25, 0.3) is 0 Å². The second-order valence-electron chi connectivity index (χ2n) is 5.40. The van der Waals surface area contributed by atoms with Crippen molar-refractivity contribution in [1.29, 1.82) is 0 Å². The minimum Gasteiger partial charge on any atom is -0.497 e. The third-order valence-corrected chi connectivity index (χ3v) is 3.91. The highest BCUT2D eigenvalue weighted by Crippen LogP contribution is 2.14. The molecule has 0 bridgehead atoms. The zero-order valence-corrected chi connectivity index (χ0v) is 13.6. The van der Waals surface area contributed by atoms with Crippen LogP contribution >= 0.6 is 0 Å². The summed E-state index contributed by atoms with van der Waals surface area (Å²) in [7, 11) is 3.56. The van der Waals surface area contributed by atoms with Crippen molar-refractivity contribution < 1.29 is 9.53 Å². The van der Waals surface area contributed by atoms with Gasteiger partial charge in [0.25, 0.3) is 0 Å². The van der Waals surface area contributed by atoms with E-state index in [-0.39, 0.29) is 5.91 Å². The Morgan fingerprint density at radius 1 is 1.27 bits per heavy atom. The number of amides is 1. The molecule has 5 nitrogen and oxygen atoms in total. The third-order valence-electron chi connectivity index (χ3n) is 3.91. The fourth-order valence-corrected chi connectivity index (χ4v) is 2.45.